The van der Waals surface area contributed by atoms with Gasteiger partial charge in [-0.3, -0.25) is 4.79 Å². The highest BCUT2D eigenvalue weighted by atomic mass is 19.4. The van der Waals surface area contributed by atoms with Crippen molar-refractivity contribution >= 4 is 5.91 Å². The van der Waals surface area contributed by atoms with Crippen molar-refractivity contribution in [2.24, 2.45) is 0 Å². The molecule has 0 saturated carbocycles. The van der Waals surface area contributed by atoms with E-state index in [9.17, 15) is 26.7 Å². The Hall–Kier alpha value is -2.45. The first-order chi connectivity index (χ1) is 11.8. The summed E-state index contributed by atoms with van der Waals surface area (Å²) >= 11 is 0. The minimum atomic E-state index is -4.52. The third-order valence-electron chi connectivity index (χ3n) is 4.16. The van der Waals surface area contributed by atoms with Crippen LogP contribution in [0.2, 0.25) is 0 Å². The lowest BCUT2D eigenvalue weighted by Crippen LogP contribution is -2.39. The number of piperidine rings is 1. The van der Waals surface area contributed by atoms with Gasteiger partial charge in [-0.2, -0.15) is 13.2 Å². The molecule has 2 aromatic rings. The quantitative estimate of drug-likeness (QED) is 0.831. The van der Waals surface area contributed by atoms with E-state index in [0.29, 0.717) is 25.5 Å². The molecule has 0 aliphatic carbocycles. The number of benzene rings is 1. The highest BCUT2D eigenvalue weighted by Gasteiger charge is 2.35. The maximum absolute atomic E-state index is 13.8. The minimum absolute atomic E-state index is 0.112. The summed E-state index contributed by atoms with van der Waals surface area (Å²) in [6, 6.07) is 2.67. The largest absolute Gasteiger partial charge is 0.432 e. The van der Waals surface area contributed by atoms with Gasteiger partial charge < -0.3 is 9.88 Å². The summed E-state index contributed by atoms with van der Waals surface area (Å²) in [5, 5.41) is 0. The molecule has 25 heavy (non-hydrogen) atoms. The van der Waals surface area contributed by atoms with E-state index in [1.165, 1.54) is 4.90 Å². The lowest BCUT2D eigenvalue weighted by molar-refractivity contribution is -0.141. The molecule has 1 N–H and O–H groups in total. The van der Waals surface area contributed by atoms with Crippen LogP contribution in [0.5, 0.6) is 0 Å². The van der Waals surface area contributed by atoms with Gasteiger partial charge in [0.2, 0.25) is 0 Å². The zero-order chi connectivity index (χ0) is 18.2. The number of aromatic amines is 1. The second-order valence-corrected chi connectivity index (χ2v) is 5.89. The molecule has 3 rings (SSSR count). The molecule has 0 spiro atoms. The number of alkyl halides is 3. The summed E-state index contributed by atoms with van der Waals surface area (Å²) in [4.78, 5) is 19.8. The number of carbonyl (C=O) groups excluding carboxylic acids is 1. The van der Waals surface area contributed by atoms with E-state index < -0.39 is 35.3 Å². The van der Waals surface area contributed by atoms with Crippen LogP contribution in [-0.2, 0) is 6.18 Å². The molecule has 0 radical (unpaired) electrons. The number of aromatic nitrogens is 2. The van der Waals surface area contributed by atoms with Crippen LogP contribution in [0.25, 0.3) is 0 Å². The van der Waals surface area contributed by atoms with Crippen molar-refractivity contribution in [3.8, 4) is 0 Å². The van der Waals surface area contributed by atoms with Gasteiger partial charge in [0.05, 0.1) is 11.8 Å². The van der Waals surface area contributed by atoms with Crippen LogP contribution in [0.1, 0.15) is 40.6 Å². The van der Waals surface area contributed by atoms with Crippen molar-refractivity contribution < 1.29 is 26.7 Å². The first-order valence-corrected chi connectivity index (χ1v) is 7.62. The van der Waals surface area contributed by atoms with Gasteiger partial charge in [-0.1, -0.05) is 0 Å². The van der Waals surface area contributed by atoms with Gasteiger partial charge in [-0.05, 0) is 25.0 Å². The molecule has 1 atom stereocenters. The van der Waals surface area contributed by atoms with E-state index in [2.05, 4.69) is 9.97 Å². The molecular weight excluding hydrogens is 345 g/mol. The predicted molar refractivity (Wildman–Crippen MR) is 77.8 cm³/mol. The zero-order valence-electron chi connectivity index (χ0n) is 12.9. The maximum Gasteiger partial charge on any atom is 0.432 e. The lowest BCUT2D eigenvalue weighted by Gasteiger charge is -2.32. The highest BCUT2D eigenvalue weighted by molar-refractivity contribution is 5.94. The van der Waals surface area contributed by atoms with Crippen molar-refractivity contribution in [1.29, 1.82) is 0 Å². The first-order valence-electron chi connectivity index (χ1n) is 7.62. The lowest BCUT2D eigenvalue weighted by atomic mass is 9.96. The number of imidazole rings is 1. The van der Waals surface area contributed by atoms with Crippen molar-refractivity contribution in [3.63, 3.8) is 0 Å². The number of carbonyl (C=O) groups is 1. The van der Waals surface area contributed by atoms with Gasteiger partial charge in [-0.15, -0.1) is 0 Å². The average molecular weight is 359 g/mol. The number of hydrogen-bond donors (Lipinski definition) is 1. The van der Waals surface area contributed by atoms with Gasteiger partial charge in [0.1, 0.15) is 23.2 Å². The number of likely N-dealkylation sites (tertiary alicyclic amines) is 1. The van der Waals surface area contributed by atoms with E-state index in [4.69, 9.17) is 0 Å². The fraction of sp³-hybridized carbons (Fsp3) is 0.375. The van der Waals surface area contributed by atoms with Crippen LogP contribution in [0.15, 0.2) is 24.4 Å². The number of H-pyrrole nitrogens is 1. The molecule has 134 valence electrons. The Balaban J connectivity index is 1.77. The number of hydrogen-bond acceptors (Lipinski definition) is 2. The van der Waals surface area contributed by atoms with Crippen LogP contribution in [-0.4, -0.2) is 33.9 Å². The molecule has 1 saturated heterocycles. The fourth-order valence-corrected chi connectivity index (χ4v) is 2.91. The summed E-state index contributed by atoms with van der Waals surface area (Å²) in [6.45, 7) is 0.458. The Kier molecular flexibility index (Phi) is 4.49. The topological polar surface area (TPSA) is 49.0 Å². The number of halogens is 5. The number of nitrogens with zero attached hydrogens (tertiary/aromatic N) is 2. The molecule has 0 bridgehead atoms. The number of rotatable bonds is 2. The highest BCUT2D eigenvalue weighted by Crippen LogP contribution is 2.31. The van der Waals surface area contributed by atoms with Crippen LogP contribution in [0, 0.1) is 11.6 Å². The second-order valence-electron chi connectivity index (χ2n) is 5.89. The summed E-state index contributed by atoms with van der Waals surface area (Å²) in [7, 11) is 0. The predicted octanol–water partition coefficient (Wildman–Crippen LogP) is 3.73. The Bertz CT molecular complexity index is 786. The Morgan fingerprint density at radius 3 is 2.68 bits per heavy atom. The van der Waals surface area contributed by atoms with Crippen LogP contribution in [0.3, 0.4) is 0 Å². The van der Waals surface area contributed by atoms with Gasteiger partial charge in [0.25, 0.3) is 5.91 Å². The van der Waals surface area contributed by atoms with Crippen LogP contribution < -0.4 is 0 Å². The van der Waals surface area contributed by atoms with E-state index in [0.717, 1.165) is 18.3 Å². The van der Waals surface area contributed by atoms with E-state index in [-0.39, 0.29) is 17.9 Å². The fourth-order valence-electron chi connectivity index (χ4n) is 2.91. The molecule has 1 amide bonds. The second kappa shape index (κ2) is 6.45. The summed E-state index contributed by atoms with van der Waals surface area (Å²) in [5.74, 6) is -2.64. The standard InChI is InChI=1S/C16H14F5N3O/c17-10-3-4-11(12(18)6-10)15(25)24-5-1-2-9(8-24)14-22-7-13(23-14)16(19,20)21/h3-4,6-7,9H,1-2,5,8H2,(H,22,23)/t9-/m0/s1. The van der Waals surface area contributed by atoms with Gasteiger partial charge in [0.15, 0.2) is 0 Å². The van der Waals surface area contributed by atoms with Crippen molar-refractivity contribution in [1.82, 2.24) is 14.9 Å². The first kappa shape index (κ1) is 17.4. The van der Waals surface area contributed by atoms with Gasteiger partial charge in [0, 0.05) is 25.1 Å². The maximum atomic E-state index is 13.8. The van der Waals surface area contributed by atoms with Crippen LogP contribution >= 0.6 is 0 Å². The average Bonchev–Trinajstić information content (AvgIpc) is 3.05. The SMILES string of the molecule is O=C(c1ccc(F)cc1F)N1CCC[C@H](c2ncc(C(F)(F)F)[nH]2)C1. The van der Waals surface area contributed by atoms with E-state index in [1.54, 1.807) is 0 Å². The molecule has 1 aliphatic heterocycles. The molecule has 1 fully saturated rings. The smallest absolute Gasteiger partial charge is 0.338 e. The zero-order valence-corrected chi connectivity index (χ0v) is 12.9. The monoisotopic (exact) mass is 359 g/mol. The number of nitrogens with one attached hydrogen (secondary N) is 1. The molecule has 0 unspecified atom stereocenters. The third-order valence-corrected chi connectivity index (χ3v) is 4.16. The molecule has 1 aromatic carbocycles. The molecule has 4 nitrogen and oxygen atoms in total. The molecule has 2 heterocycles. The van der Waals surface area contributed by atoms with Crippen molar-refractivity contribution in [2.75, 3.05) is 13.1 Å². The normalized spacial score (nSPS) is 18.4. The summed E-state index contributed by atoms with van der Waals surface area (Å²) in [6.07, 6.45) is -2.70. The van der Waals surface area contributed by atoms with E-state index in [1.807, 2.05) is 0 Å². The van der Waals surface area contributed by atoms with Gasteiger partial charge >= 0.3 is 6.18 Å². The van der Waals surface area contributed by atoms with E-state index >= 15 is 0 Å². The Morgan fingerprint density at radius 1 is 1.28 bits per heavy atom. The summed E-state index contributed by atoms with van der Waals surface area (Å²) < 4.78 is 64.7. The minimum Gasteiger partial charge on any atom is -0.338 e. The number of amides is 1. The molecule has 1 aliphatic rings. The molecule has 1 aromatic heterocycles. The van der Waals surface area contributed by atoms with Crippen molar-refractivity contribution in [2.45, 2.75) is 24.9 Å². The van der Waals surface area contributed by atoms with Crippen molar-refractivity contribution in [3.05, 3.63) is 53.1 Å². The molecular formula is C16H14F5N3O. The van der Waals surface area contributed by atoms with Crippen LogP contribution in [0.4, 0.5) is 22.0 Å². The Morgan fingerprint density at radius 2 is 2.04 bits per heavy atom. The molecule has 9 heteroatoms. The Labute approximate surface area is 139 Å². The third kappa shape index (κ3) is 3.64. The van der Waals surface area contributed by atoms with Gasteiger partial charge in [-0.25, -0.2) is 13.8 Å². The summed E-state index contributed by atoms with van der Waals surface area (Å²) in [5.41, 5.74) is -1.21.